The van der Waals surface area contributed by atoms with Crippen molar-refractivity contribution in [2.45, 2.75) is 40.1 Å². The molecular formula is C15H24O4. The Morgan fingerprint density at radius 1 is 1.11 bits per heavy atom. The van der Waals surface area contributed by atoms with E-state index in [-0.39, 0.29) is 0 Å². The van der Waals surface area contributed by atoms with Crippen molar-refractivity contribution in [1.82, 2.24) is 0 Å². The van der Waals surface area contributed by atoms with Crippen LogP contribution < -0.4 is 4.74 Å². The molecule has 0 aliphatic carbocycles. The summed E-state index contributed by atoms with van der Waals surface area (Å²) in [5.74, 6) is 0.661. The summed E-state index contributed by atoms with van der Waals surface area (Å²) < 4.78 is 16.3. The number of benzene rings is 1. The average molecular weight is 268 g/mol. The van der Waals surface area contributed by atoms with Gasteiger partial charge in [-0.25, -0.2) is 0 Å². The lowest BCUT2D eigenvalue weighted by Crippen LogP contribution is -2.26. The van der Waals surface area contributed by atoms with Crippen LogP contribution in [0.1, 0.15) is 36.6 Å². The van der Waals surface area contributed by atoms with E-state index >= 15 is 0 Å². The minimum absolute atomic E-state index is 0.481. The predicted molar refractivity (Wildman–Crippen MR) is 74.5 cm³/mol. The number of methoxy groups -OCH3 is 1. The molecule has 4 nitrogen and oxygen atoms in total. The molecule has 1 N–H and O–H groups in total. The third-order valence-corrected chi connectivity index (χ3v) is 2.93. The van der Waals surface area contributed by atoms with Crippen LogP contribution in [0.4, 0.5) is 0 Å². The van der Waals surface area contributed by atoms with Gasteiger partial charge in [-0.05, 0) is 44.9 Å². The number of aliphatic hydroxyl groups excluding tert-OH is 1. The molecule has 1 atom stereocenters. The van der Waals surface area contributed by atoms with Crippen LogP contribution in [0, 0.1) is 13.8 Å². The quantitative estimate of drug-likeness (QED) is 0.772. The number of aryl methyl sites for hydroxylation is 2. The van der Waals surface area contributed by atoms with Crippen molar-refractivity contribution in [3.63, 3.8) is 0 Å². The highest BCUT2D eigenvalue weighted by Crippen LogP contribution is 2.33. The Balaban J connectivity index is 3.11. The molecule has 1 aromatic rings. The van der Waals surface area contributed by atoms with Crippen LogP contribution >= 0.6 is 0 Å². The van der Waals surface area contributed by atoms with E-state index in [0.29, 0.717) is 19.0 Å². The Morgan fingerprint density at radius 3 is 2.16 bits per heavy atom. The zero-order valence-electron chi connectivity index (χ0n) is 12.4. The smallest absolute Gasteiger partial charge is 0.187 e. The van der Waals surface area contributed by atoms with E-state index in [0.717, 1.165) is 16.7 Å². The first-order valence-electron chi connectivity index (χ1n) is 6.61. The van der Waals surface area contributed by atoms with E-state index in [2.05, 4.69) is 0 Å². The Labute approximate surface area is 115 Å². The van der Waals surface area contributed by atoms with Crippen LogP contribution in [0.15, 0.2) is 12.1 Å². The highest BCUT2D eigenvalue weighted by Gasteiger charge is 2.26. The number of hydrogen-bond donors (Lipinski definition) is 1. The van der Waals surface area contributed by atoms with Gasteiger partial charge in [-0.3, -0.25) is 0 Å². The SMILES string of the molecule is CCOC(OCC)C(O)c1c(C)cc(C)cc1OC. The molecule has 0 aliphatic heterocycles. The summed E-state index contributed by atoms with van der Waals surface area (Å²) in [6, 6.07) is 3.91. The molecule has 0 saturated heterocycles. The molecule has 0 heterocycles. The normalized spacial score (nSPS) is 12.8. The van der Waals surface area contributed by atoms with Gasteiger partial charge in [0, 0.05) is 18.8 Å². The second-order valence-corrected chi connectivity index (χ2v) is 4.42. The second kappa shape index (κ2) is 7.48. The van der Waals surface area contributed by atoms with Gasteiger partial charge in [-0.1, -0.05) is 6.07 Å². The summed E-state index contributed by atoms with van der Waals surface area (Å²) in [5.41, 5.74) is 2.78. The van der Waals surface area contributed by atoms with Crippen molar-refractivity contribution in [2.75, 3.05) is 20.3 Å². The molecule has 0 radical (unpaired) electrons. The van der Waals surface area contributed by atoms with E-state index in [9.17, 15) is 5.11 Å². The molecule has 1 rings (SSSR count). The molecule has 0 aromatic heterocycles. The van der Waals surface area contributed by atoms with Crippen LogP contribution in [0.5, 0.6) is 5.75 Å². The standard InChI is InChI=1S/C15H24O4/c1-6-18-15(19-7-2)14(16)13-11(4)8-10(3)9-12(13)17-5/h8-9,14-16H,6-7H2,1-5H3. The zero-order chi connectivity index (χ0) is 14.4. The minimum Gasteiger partial charge on any atom is -0.496 e. The van der Waals surface area contributed by atoms with Gasteiger partial charge in [0.15, 0.2) is 6.29 Å². The van der Waals surface area contributed by atoms with E-state index in [1.807, 2.05) is 39.8 Å². The predicted octanol–water partition coefficient (Wildman–Crippen LogP) is 2.74. The maximum Gasteiger partial charge on any atom is 0.187 e. The van der Waals surface area contributed by atoms with Gasteiger partial charge in [0.05, 0.1) is 7.11 Å². The lowest BCUT2D eigenvalue weighted by atomic mass is 9.99. The van der Waals surface area contributed by atoms with Crippen molar-refractivity contribution in [3.05, 3.63) is 28.8 Å². The second-order valence-electron chi connectivity index (χ2n) is 4.42. The number of rotatable bonds is 7. The summed E-state index contributed by atoms with van der Waals surface area (Å²) in [7, 11) is 1.60. The van der Waals surface area contributed by atoms with E-state index < -0.39 is 12.4 Å². The lowest BCUT2D eigenvalue weighted by Gasteiger charge is -2.25. The third kappa shape index (κ3) is 3.93. The lowest BCUT2D eigenvalue weighted by molar-refractivity contribution is -0.192. The fourth-order valence-corrected chi connectivity index (χ4v) is 2.18. The number of hydrogen-bond acceptors (Lipinski definition) is 4. The van der Waals surface area contributed by atoms with Gasteiger partial charge in [0.25, 0.3) is 0 Å². The zero-order valence-corrected chi connectivity index (χ0v) is 12.4. The van der Waals surface area contributed by atoms with Crippen LogP contribution in [-0.2, 0) is 9.47 Å². The van der Waals surface area contributed by atoms with Gasteiger partial charge in [0.2, 0.25) is 0 Å². The van der Waals surface area contributed by atoms with Crippen LogP contribution in [0.25, 0.3) is 0 Å². The first-order chi connectivity index (χ1) is 9.04. The molecule has 0 saturated carbocycles. The molecular weight excluding hydrogens is 244 g/mol. The summed E-state index contributed by atoms with van der Waals surface area (Å²) in [6.07, 6.45) is -1.54. The van der Waals surface area contributed by atoms with E-state index in [4.69, 9.17) is 14.2 Å². The maximum atomic E-state index is 10.5. The summed E-state index contributed by atoms with van der Waals surface area (Å²) in [6.45, 7) is 8.65. The van der Waals surface area contributed by atoms with Gasteiger partial charge in [-0.2, -0.15) is 0 Å². The largest absolute Gasteiger partial charge is 0.496 e. The summed E-state index contributed by atoms with van der Waals surface area (Å²) in [4.78, 5) is 0. The molecule has 108 valence electrons. The molecule has 4 heteroatoms. The van der Waals surface area contributed by atoms with Crippen LogP contribution in [0.3, 0.4) is 0 Å². The van der Waals surface area contributed by atoms with E-state index in [1.54, 1.807) is 7.11 Å². The topological polar surface area (TPSA) is 47.9 Å². The molecule has 19 heavy (non-hydrogen) atoms. The Hall–Kier alpha value is -1.10. The van der Waals surface area contributed by atoms with Gasteiger partial charge in [0.1, 0.15) is 11.9 Å². The average Bonchev–Trinajstić information content (AvgIpc) is 2.36. The summed E-state index contributed by atoms with van der Waals surface area (Å²) >= 11 is 0. The van der Waals surface area contributed by atoms with Crippen molar-refractivity contribution < 1.29 is 19.3 Å². The third-order valence-electron chi connectivity index (χ3n) is 2.93. The van der Waals surface area contributed by atoms with Gasteiger partial charge < -0.3 is 19.3 Å². The minimum atomic E-state index is -0.865. The van der Waals surface area contributed by atoms with Crippen LogP contribution in [0.2, 0.25) is 0 Å². The Morgan fingerprint density at radius 2 is 1.68 bits per heavy atom. The van der Waals surface area contributed by atoms with Crippen molar-refractivity contribution in [3.8, 4) is 5.75 Å². The Bertz CT molecular complexity index is 397. The first kappa shape index (κ1) is 16.0. The van der Waals surface area contributed by atoms with Gasteiger partial charge in [-0.15, -0.1) is 0 Å². The molecule has 0 amide bonds. The highest BCUT2D eigenvalue weighted by molar-refractivity contribution is 5.44. The maximum absolute atomic E-state index is 10.5. The number of aliphatic hydroxyl groups is 1. The molecule has 1 aromatic carbocycles. The van der Waals surface area contributed by atoms with Crippen molar-refractivity contribution in [1.29, 1.82) is 0 Å². The van der Waals surface area contributed by atoms with Crippen molar-refractivity contribution >= 4 is 0 Å². The molecule has 0 aliphatic rings. The molecule has 1 unspecified atom stereocenters. The number of ether oxygens (including phenoxy) is 3. The van der Waals surface area contributed by atoms with E-state index in [1.165, 1.54) is 0 Å². The highest BCUT2D eigenvalue weighted by atomic mass is 16.7. The fraction of sp³-hybridized carbons (Fsp3) is 0.600. The Kier molecular flexibility index (Phi) is 6.28. The molecule has 0 spiro atoms. The van der Waals surface area contributed by atoms with Gasteiger partial charge >= 0.3 is 0 Å². The monoisotopic (exact) mass is 268 g/mol. The molecule has 0 fully saturated rings. The fourth-order valence-electron chi connectivity index (χ4n) is 2.18. The van der Waals surface area contributed by atoms with Crippen LogP contribution in [-0.4, -0.2) is 31.7 Å². The summed E-state index contributed by atoms with van der Waals surface area (Å²) in [5, 5.41) is 10.5. The molecule has 0 bridgehead atoms. The first-order valence-corrected chi connectivity index (χ1v) is 6.61. The van der Waals surface area contributed by atoms with Crippen molar-refractivity contribution in [2.24, 2.45) is 0 Å².